The van der Waals surface area contributed by atoms with Crippen LogP contribution < -0.4 is 24.3 Å². The molecule has 0 unspecified atom stereocenters. The Labute approximate surface area is 189 Å². The van der Waals surface area contributed by atoms with Gasteiger partial charge < -0.3 is 24.3 Å². The molecule has 0 fully saturated rings. The molecule has 7 heteroatoms. The number of benzene rings is 3. The third-order valence-corrected chi connectivity index (χ3v) is 5.53. The molecule has 0 saturated heterocycles. The summed E-state index contributed by atoms with van der Waals surface area (Å²) in [5.74, 6) is 2.57. The molecule has 3 aromatic rings. The SMILES string of the molecule is COc1cc(CNCCc2ccc(F)cc2)cc(Br)c1OCc1ccc2c(c1)OCO2. The Kier molecular flexibility index (Phi) is 6.94. The minimum Gasteiger partial charge on any atom is -0.493 e. The van der Waals surface area contributed by atoms with Crippen molar-refractivity contribution in [2.24, 2.45) is 0 Å². The summed E-state index contributed by atoms with van der Waals surface area (Å²) >= 11 is 3.60. The van der Waals surface area contributed by atoms with Crippen molar-refractivity contribution < 1.29 is 23.3 Å². The zero-order valence-corrected chi connectivity index (χ0v) is 18.7. The Bertz CT molecular complexity index is 1040. The van der Waals surface area contributed by atoms with Gasteiger partial charge in [0.15, 0.2) is 23.0 Å². The maximum absolute atomic E-state index is 13.0. The average Bonchev–Trinajstić information content (AvgIpc) is 3.25. The highest BCUT2D eigenvalue weighted by Crippen LogP contribution is 2.38. The van der Waals surface area contributed by atoms with Crippen molar-refractivity contribution >= 4 is 15.9 Å². The highest BCUT2D eigenvalue weighted by molar-refractivity contribution is 9.10. The number of ether oxygens (including phenoxy) is 4. The molecule has 162 valence electrons. The van der Waals surface area contributed by atoms with Gasteiger partial charge in [0.1, 0.15) is 12.4 Å². The van der Waals surface area contributed by atoms with Gasteiger partial charge in [-0.05, 0) is 82.0 Å². The summed E-state index contributed by atoms with van der Waals surface area (Å²) in [6.07, 6.45) is 0.829. The summed E-state index contributed by atoms with van der Waals surface area (Å²) in [5.41, 5.74) is 3.14. The van der Waals surface area contributed by atoms with Crippen LogP contribution in [0.4, 0.5) is 4.39 Å². The second-order valence-electron chi connectivity index (χ2n) is 7.14. The molecule has 1 aliphatic rings. The fourth-order valence-electron chi connectivity index (χ4n) is 3.32. The molecular formula is C24H23BrFNO4. The van der Waals surface area contributed by atoms with Gasteiger partial charge in [0.2, 0.25) is 6.79 Å². The minimum absolute atomic E-state index is 0.213. The predicted molar refractivity (Wildman–Crippen MR) is 119 cm³/mol. The third-order valence-electron chi connectivity index (χ3n) is 4.94. The summed E-state index contributed by atoms with van der Waals surface area (Å²) in [6, 6.07) is 16.3. The van der Waals surface area contributed by atoms with Gasteiger partial charge in [-0.1, -0.05) is 18.2 Å². The lowest BCUT2D eigenvalue weighted by molar-refractivity contribution is 0.174. The van der Waals surface area contributed by atoms with Crippen LogP contribution in [-0.4, -0.2) is 20.4 Å². The zero-order chi connectivity index (χ0) is 21.6. The van der Waals surface area contributed by atoms with E-state index >= 15 is 0 Å². The monoisotopic (exact) mass is 487 g/mol. The highest BCUT2D eigenvalue weighted by atomic mass is 79.9. The van der Waals surface area contributed by atoms with Crippen LogP contribution in [0, 0.1) is 5.82 Å². The van der Waals surface area contributed by atoms with Crippen molar-refractivity contribution in [1.82, 2.24) is 5.32 Å². The molecule has 31 heavy (non-hydrogen) atoms. The lowest BCUT2D eigenvalue weighted by atomic mass is 10.1. The van der Waals surface area contributed by atoms with Crippen LogP contribution >= 0.6 is 15.9 Å². The van der Waals surface area contributed by atoms with Crippen LogP contribution in [0.3, 0.4) is 0 Å². The Morgan fingerprint density at radius 2 is 1.74 bits per heavy atom. The maximum atomic E-state index is 13.0. The summed E-state index contributed by atoms with van der Waals surface area (Å²) in [7, 11) is 1.63. The maximum Gasteiger partial charge on any atom is 0.231 e. The van der Waals surface area contributed by atoms with Gasteiger partial charge >= 0.3 is 0 Å². The second kappa shape index (κ2) is 10.0. The van der Waals surface area contributed by atoms with Gasteiger partial charge in [-0.25, -0.2) is 4.39 Å². The van der Waals surface area contributed by atoms with Gasteiger partial charge in [-0.15, -0.1) is 0 Å². The second-order valence-corrected chi connectivity index (χ2v) is 7.99. The summed E-state index contributed by atoms with van der Waals surface area (Å²) < 4.78 is 36.2. The van der Waals surface area contributed by atoms with E-state index in [2.05, 4.69) is 21.2 Å². The van der Waals surface area contributed by atoms with E-state index in [1.54, 1.807) is 7.11 Å². The van der Waals surface area contributed by atoms with Crippen LogP contribution in [0.5, 0.6) is 23.0 Å². The van der Waals surface area contributed by atoms with Crippen LogP contribution in [0.1, 0.15) is 16.7 Å². The van der Waals surface area contributed by atoms with Crippen LogP contribution in [0.15, 0.2) is 59.1 Å². The Hall–Kier alpha value is -2.77. The number of halogens is 2. The Morgan fingerprint density at radius 1 is 0.968 bits per heavy atom. The molecule has 0 spiro atoms. The molecular weight excluding hydrogens is 465 g/mol. The zero-order valence-electron chi connectivity index (χ0n) is 17.1. The minimum atomic E-state index is -0.213. The lowest BCUT2D eigenvalue weighted by Gasteiger charge is -2.15. The van der Waals surface area contributed by atoms with Crippen molar-refractivity contribution in [3.05, 3.63) is 81.6 Å². The fourth-order valence-corrected chi connectivity index (χ4v) is 3.92. The molecule has 0 aromatic heterocycles. The van der Waals surface area contributed by atoms with Gasteiger partial charge in [0.05, 0.1) is 11.6 Å². The quantitative estimate of drug-likeness (QED) is 0.418. The van der Waals surface area contributed by atoms with Crippen molar-refractivity contribution in [3.8, 4) is 23.0 Å². The van der Waals surface area contributed by atoms with E-state index in [0.717, 1.165) is 45.6 Å². The third kappa shape index (κ3) is 5.48. The molecule has 0 atom stereocenters. The molecule has 0 radical (unpaired) electrons. The van der Waals surface area contributed by atoms with Gasteiger partial charge in [0.25, 0.3) is 0 Å². The van der Waals surface area contributed by atoms with Crippen molar-refractivity contribution in [2.75, 3.05) is 20.4 Å². The van der Waals surface area contributed by atoms with E-state index in [0.29, 0.717) is 24.7 Å². The van der Waals surface area contributed by atoms with Gasteiger partial charge in [-0.3, -0.25) is 0 Å². The van der Waals surface area contributed by atoms with E-state index in [-0.39, 0.29) is 12.6 Å². The molecule has 0 bridgehead atoms. The Balaban J connectivity index is 1.34. The lowest BCUT2D eigenvalue weighted by Crippen LogP contribution is -2.16. The van der Waals surface area contributed by atoms with Crippen LogP contribution in [-0.2, 0) is 19.6 Å². The molecule has 4 rings (SSSR count). The molecule has 0 aliphatic carbocycles. The predicted octanol–water partition coefficient (Wildman–Crippen LogP) is 5.24. The first-order chi connectivity index (χ1) is 15.1. The average molecular weight is 488 g/mol. The number of rotatable bonds is 9. The number of hydrogen-bond donors (Lipinski definition) is 1. The largest absolute Gasteiger partial charge is 0.493 e. The molecule has 0 saturated carbocycles. The molecule has 1 aliphatic heterocycles. The topological polar surface area (TPSA) is 49.0 Å². The number of methoxy groups -OCH3 is 1. The van der Waals surface area contributed by atoms with Gasteiger partial charge in [0, 0.05) is 6.54 Å². The van der Waals surface area contributed by atoms with E-state index < -0.39 is 0 Å². The van der Waals surface area contributed by atoms with E-state index in [9.17, 15) is 4.39 Å². The molecule has 5 nitrogen and oxygen atoms in total. The number of hydrogen-bond acceptors (Lipinski definition) is 5. The first kappa shape index (κ1) is 21.5. The van der Waals surface area contributed by atoms with Crippen molar-refractivity contribution in [3.63, 3.8) is 0 Å². The molecule has 1 heterocycles. The molecule has 0 amide bonds. The van der Waals surface area contributed by atoms with Gasteiger partial charge in [-0.2, -0.15) is 0 Å². The highest BCUT2D eigenvalue weighted by Gasteiger charge is 2.15. The standard InChI is InChI=1S/C24H23BrFNO4/c1-28-23-12-18(13-27-9-8-16-2-5-19(26)6-3-16)10-20(25)24(23)29-14-17-4-7-21-22(11-17)31-15-30-21/h2-7,10-12,27H,8-9,13-15H2,1H3. The summed E-state index contributed by atoms with van der Waals surface area (Å²) in [5, 5.41) is 3.41. The van der Waals surface area contributed by atoms with Crippen LogP contribution in [0.25, 0.3) is 0 Å². The molecule has 3 aromatic carbocycles. The van der Waals surface area contributed by atoms with Crippen molar-refractivity contribution in [2.45, 2.75) is 19.6 Å². The normalized spacial score (nSPS) is 12.1. The number of nitrogens with one attached hydrogen (secondary N) is 1. The first-order valence-corrected chi connectivity index (χ1v) is 10.7. The van der Waals surface area contributed by atoms with E-state index in [1.165, 1.54) is 12.1 Å². The van der Waals surface area contributed by atoms with Crippen LogP contribution in [0.2, 0.25) is 0 Å². The van der Waals surface area contributed by atoms with E-state index in [1.807, 2.05) is 42.5 Å². The van der Waals surface area contributed by atoms with E-state index in [4.69, 9.17) is 18.9 Å². The fraction of sp³-hybridized carbons (Fsp3) is 0.250. The Morgan fingerprint density at radius 3 is 2.55 bits per heavy atom. The molecule has 1 N–H and O–H groups in total. The van der Waals surface area contributed by atoms with Crippen molar-refractivity contribution in [1.29, 1.82) is 0 Å². The summed E-state index contributed by atoms with van der Waals surface area (Å²) in [4.78, 5) is 0. The first-order valence-electron chi connectivity index (χ1n) is 9.95. The smallest absolute Gasteiger partial charge is 0.231 e. The summed E-state index contributed by atoms with van der Waals surface area (Å²) in [6.45, 7) is 2.09. The number of fused-ring (bicyclic) bond motifs is 1.